The van der Waals surface area contributed by atoms with Crippen LogP contribution in [0.2, 0.25) is 0 Å². The molecule has 2 N–H and O–H groups in total. The SMILES string of the molecule is Cc1cc(-c2nc(-c3ccc(OC(F)(F)F)cc3)no2)nn1Cc1cccc(C(CCNC(=O)c2ccccc2O)N2CCCC2)c1. The van der Waals surface area contributed by atoms with Crippen LogP contribution in [0.4, 0.5) is 13.2 Å². The minimum atomic E-state index is -4.78. The van der Waals surface area contributed by atoms with Gasteiger partial charge >= 0.3 is 6.36 Å². The average molecular weight is 647 g/mol. The van der Waals surface area contributed by atoms with Gasteiger partial charge in [0.05, 0.1) is 12.1 Å². The number of nitrogens with one attached hydrogen (secondary N) is 1. The van der Waals surface area contributed by atoms with Gasteiger partial charge in [0.1, 0.15) is 11.5 Å². The van der Waals surface area contributed by atoms with Crippen LogP contribution in [0.3, 0.4) is 0 Å². The molecule has 0 bridgehead atoms. The van der Waals surface area contributed by atoms with Crippen molar-refractivity contribution in [2.24, 2.45) is 0 Å². The zero-order valence-electron chi connectivity index (χ0n) is 25.6. The summed E-state index contributed by atoms with van der Waals surface area (Å²) in [6, 6.07) is 22.0. The molecule has 244 valence electrons. The fourth-order valence-corrected chi connectivity index (χ4v) is 5.79. The summed E-state index contributed by atoms with van der Waals surface area (Å²) in [5.41, 5.74) is 4.28. The highest BCUT2D eigenvalue weighted by Gasteiger charge is 2.31. The first kappa shape index (κ1) is 31.8. The molecule has 0 radical (unpaired) electrons. The van der Waals surface area contributed by atoms with Crippen LogP contribution in [0.25, 0.3) is 23.0 Å². The molecule has 1 fully saturated rings. The van der Waals surface area contributed by atoms with Gasteiger partial charge in [-0.2, -0.15) is 10.1 Å². The van der Waals surface area contributed by atoms with Crippen molar-refractivity contribution in [2.75, 3.05) is 19.6 Å². The fourth-order valence-electron chi connectivity index (χ4n) is 5.79. The van der Waals surface area contributed by atoms with E-state index in [2.05, 4.69) is 37.2 Å². The van der Waals surface area contributed by atoms with E-state index in [-0.39, 0.29) is 40.7 Å². The smallest absolute Gasteiger partial charge is 0.507 e. The third-order valence-corrected chi connectivity index (χ3v) is 8.07. The molecule has 3 aromatic carbocycles. The molecule has 1 unspecified atom stereocenters. The number of ether oxygens (including phenoxy) is 1. The highest BCUT2D eigenvalue weighted by Crippen LogP contribution is 2.30. The maximum atomic E-state index is 12.7. The number of amides is 1. The topological polar surface area (TPSA) is 119 Å². The van der Waals surface area contributed by atoms with Crippen molar-refractivity contribution in [1.82, 2.24) is 30.1 Å². The van der Waals surface area contributed by atoms with Crippen molar-refractivity contribution in [2.45, 2.75) is 45.1 Å². The fraction of sp³-hybridized carbons (Fsp3) is 0.294. The van der Waals surface area contributed by atoms with Crippen molar-refractivity contribution < 1.29 is 32.3 Å². The van der Waals surface area contributed by atoms with E-state index in [9.17, 15) is 23.1 Å². The molecule has 0 spiro atoms. The number of aryl methyl sites for hydroxylation is 1. The van der Waals surface area contributed by atoms with Crippen molar-refractivity contribution in [1.29, 1.82) is 0 Å². The number of carbonyl (C=O) groups is 1. The van der Waals surface area contributed by atoms with E-state index < -0.39 is 6.36 Å². The summed E-state index contributed by atoms with van der Waals surface area (Å²) in [5.74, 6) is -0.289. The minimum absolute atomic E-state index is 0.0430. The normalized spacial score (nSPS) is 14.3. The van der Waals surface area contributed by atoms with Gasteiger partial charge in [-0.15, -0.1) is 13.2 Å². The van der Waals surface area contributed by atoms with Crippen molar-refractivity contribution in [3.63, 3.8) is 0 Å². The summed E-state index contributed by atoms with van der Waals surface area (Å²) < 4.78 is 48.7. The standard InChI is InChI=1S/C34H33F3N6O4/c1-22-19-28(33-39-31(41-47-33)24-11-13-26(14-12-24)46-34(35,36)37)40-43(22)21-23-7-6-8-25(20-23)29(42-17-4-5-18-42)15-16-38-32(45)27-9-2-3-10-30(27)44/h2-3,6-14,19-20,29,44H,4-5,15-18,21H2,1H3,(H,38,45). The first-order chi connectivity index (χ1) is 22.6. The zero-order valence-corrected chi connectivity index (χ0v) is 25.6. The summed E-state index contributed by atoms with van der Waals surface area (Å²) >= 11 is 0. The molecule has 1 aliphatic rings. The second-order valence-corrected chi connectivity index (χ2v) is 11.4. The first-order valence-corrected chi connectivity index (χ1v) is 15.3. The molecule has 3 heterocycles. The molecule has 1 amide bonds. The van der Waals surface area contributed by atoms with Gasteiger partial charge in [0.2, 0.25) is 5.82 Å². The highest BCUT2D eigenvalue weighted by atomic mass is 19.4. The maximum absolute atomic E-state index is 12.7. The molecule has 13 heteroatoms. The van der Waals surface area contributed by atoms with E-state index in [1.54, 1.807) is 18.2 Å². The number of rotatable bonds is 11. The van der Waals surface area contributed by atoms with Crippen LogP contribution in [0.1, 0.15) is 52.5 Å². The molecule has 10 nitrogen and oxygen atoms in total. The van der Waals surface area contributed by atoms with Gasteiger partial charge in [-0.05, 0) is 92.9 Å². The Morgan fingerprint density at radius 3 is 2.55 bits per heavy atom. The quantitative estimate of drug-likeness (QED) is 0.167. The number of hydrogen-bond donors (Lipinski definition) is 2. The number of hydrogen-bond acceptors (Lipinski definition) is 8. The second kappa shape index (κ2) is 13.7. The Bertz CT molecular complexity index is 1830. The minimum Gasteiger partial charge on any atom is -0.507 e. The lowest BCUT2D eigenvalue weighted by Crippen LogP contribution is -2.31. The van der Waals surface area contributed by atoms with Crippen molar-refractivity contribution in [3.8, 4) is 34.5 Å². The van der Waals surface area contributed by atoms with Gasteiger partial charge in [0.15, 0.2) is 5.69 Å². The molecule has 0 saturated carbocycles. The van der Waals surface area contributed by atoms with E-state index in [0.29, 0.717) is 30.8 Å². The third kappa shape index (κ3) is 7.80. The summed E-state index contributed by atoms with van der Waals surface area (Å²) in [4.78, 5) is 19.5. The van der Waals surface area contributed by atoms with E-state index in [1.807, 2.05) is 29.8 Å². The second-order valence-electron chi connectivity index (χ2n) is 11.4. The van der Waals surface area contributed by atoms with Crippen LogP contribution in [0, 0.1) is 6.92 Å². The van der Waals surface area contributed by atoms with Crippen LogP contribution in [-0.4, -0.2) is 61.8 Å². The maximum Gasteiger partial charge on any atom is 0.573 e. The number of carbonyl (C=O) groups excluding carboxylic acids is 1. The van der Waals surface area contributed by atoms with Gasteiger partial charge in [-0.3, -0.25) is 14.4 Å². The monoisotopic (exact) mass is 646 g/mol. The van der Waals surface area contributed by atoms with Gasteiger partial charge in [0, 0.05) is 23.8 Å². The molecule has 5 aromatic rings. The van der Waals surface area contributed by atoms with Crippen LogP contribution < -0.4 is 10.1 Å². The zero-order chi connectivity index (χ0) is 33.0. The molecule has 6 rings (SSSR count). The van der Waals surface area contributed by atoms with E-state index in [1.165, 1.54) is 30.3 Å². The van der Waals surface area contributed by atoms with Crippen molar-refractivity contribution >= 4 is 5.91 Å². The molecule has 2 aromatic heterocycles. The van der Waals surface area contributed by atoms with E-state index in [4.69, 9.17) is 9.62 Å². The lowest BCUT2D eigenvalue weighted by molar-refractivity contribution is -0.274. The van der Waals surface area contributed by atoms with Crippen LogP contribution in [-0.2, 0) is 6.54 Å². The molecule has 1 atom stereocenters. The van der Waals surface area contributed by atoms with Gasteiger partial charge in [0.25, 0.3) is 11.8 Å². The van der Waals surface area contributed by atoms with Crippen LogP contribution in [0.15, 0.2) is 83.4 Å². The highest BCUT2D eigenvalue weighted by molar-refractivity contribution is 5.96. The average Bonchev–Trinajstić information content (AvgIpc) is 3.82. The Balaban J connectivity index is 1.14. The lowest BCUT2D eigenvalue weighted by Gasteiger charge is -2.28. The van der Waals surface area contributed by atoms with Gasteiger partial charge < -0.3 is 19.7 Å². The number of phenols is 1. The van der Waals surface area contributed by atoms with E-state index >= 15 is 0 Å². The number of halogens is 3. The number of para-hydroxylation sites is 1. The number of likely N-dealkylation sites (tertiary alicyclic amines) is 1. The number of aromatic nitrogens is 4. The molecular formula is C34H33F3N6O4. The number of alkyl halides is 3. The van der Waals surface area contributed by atoms with E-state index in [0.717, 1.165) is 42.8 Å². The Morgan fingerprint density at radius 2 is 1.81 bits per heavy atom. The molecule has 1 aliphatic heterocycles. The third-order valence-electron chi connectivity index (χ3n) is 8.07. The Morgan fingerprint density at radius 1 is 1.04 bits per heavy atom. The summed E-state index contributed by atoms with van der Waals surface area (Å²) in [7, 11) is 0. The largest absolute Gasteiger partial charge is 0.573 e. The number of phenolic OH excluding ortho intramolecular Hbond substituents is 1. The molecular weight excluding hydrogens is 613 g/mol. The molecule has 1 saturated heterocycles. The van der Waals surface area contributed by atoms with Crippen LogP contribution in [0.5, 0.6) is 11.5 Å². The molecule has 47 heavy (non-hydrogen) atoms. The van der Waals surface area contributed by atoms with Gasteiger partial charge in [-0.1, -0.05) is 41.6 Å². The summed E-state index contributed by atoms with van der Waals surface area (Å²) in [6.07, 6.45) is -1.80. The Hall–Kier alpha value is -5.17. The first-order valence-electron chi connectivity index (χ1n) is 15.3. The van der Waals surface area contributed by atoms with Crippen molar-refractivity contribution in [3.05, 3.63) is 101 Å². The van der Waals surface area contributed by atoms with Gasteiger partial charge in [-0.25, -0.2) is 0 Å². The Kier molecular flexibility index (Phi) is 9.25. The predicted octanol–water partition coefficient (Wildman–Crippen LogP) is 6.52. The van der Waals surface area contributed by atoms with Crippen LogP contribution >= 0.6 is 0 Å². The lowest BCUT2D eigenvalue weighted by atomic mass is 9.99. The number of aromatic hydroxyl groups is 1. The number of benzene rings is 3. The number of nitrogens with zero attached hydrogens (tertiary/aromatic N) is 5. The summed E-state index contributed by atoms with van der Waals surface area (Å²) in [6.45, 7) is 4.86. The molecule has 0 aliphatic carbocycles. The predicted molar refractivity (Wildman–Crippen MR) is 167 cm³/mol. The Labute approximate surface area is 268 Å². The summed E-state index contributed by atoms with van der Waals surface area (Å²) in [5, 5.41) is 21.7.